The molecule has 0 aromatic heterocycles. The van der Waals surface area contributed by atoms with E-state index in [0.717, 1.165) is 5.39 Å². The molecule has 16 heavy (non-hydrogen) atoms. The molecule has 2 rings (SSSR count). The number of nitrogens with two attached hydrogens (primary N) is 1. The van der Waals surface area contributed by atoms with Crippen LogP contribution in [0.4, 0.5) is 5.69 Å². The van der Waals surface area contributed by atoms with E-state index in [1.165, 1.54) is 6.07 Å². The van der Waals surface area contributed by atoms with Crippen molar-refractivity contribution in [2.75, 3.05) is 5.73 Å². The summed E-state index contributed by atoms with van der Waals surface area (Å²) in [5, 5.41) is 1.39. The summed E-state index contributed by atoms with van der Waals surface area (Å²) >= 11 is -1.56. The fraction of sp³-hybridized carbons (Fsp3) is 0. The van der Waals surface area contributed by atoms with Gasteiger partial charge < -0.3 is 14.8 Å². The zero-order valence-electron chi connectivity index (χ0n) is 8.08. The molecule has 0 bridgehead atoms. The smallest absolute Gasteiger partial charge is 0.187 e. The van der Waals surface area contributed by atoms with E-state index in [-0.39, 0.29) is 4.90 Å². The van der Waals surface area contributed by atoms with Crippen LogP contribution in [0.2, 0.25) is 0 Å². The highest BCUT2D eigenvalue weighted by molar-refractivity contribution is 7.93. The number of rotatable bonds is 2. The first-order chi connectivity index (χ1) is 7.61. The number of benzene rings is 2. The molecule has 0 spiro atoms. The Morgan fingerprint density at radius 3 is 2.62 bits per heavy atom. The lowest BCUT2D eigenvalue weighted by Gasteiger charge is -2.06. The van der Waals surface area contributed by atoms with Crippen molar-refractivity contribution >= 4 is 39.6 Å². The van der Waals surface area contributed by atoms with Crippen LogP contribution < -0.4 is 5.73 Å². The van der Waals surface area contributed by atoms with Gasteiger partial charge in [0.1, 0.15) is 0 Å². The standard InChI is InChI=1S/C10H9NO3S2/c11-7-2-1-6-3-8(15-12)5-10(16(13)14)9(6)4-7/h1-5,12H,11H2,(H,13,14). The summed E-state index contributed by atoms with van der Waals surface area (Å²) in [4.78, 5) is 0.774. The van der Waals surface area contributed by atoms with Crippen molar-refractivity contribution in [1.82, 2.24) is 0 Å². The normalized spacial score (nSPS) is 12.9. The number of hydrogen-bond acceptors (Lipinski definition) is 4. The summed E-state index contributed by atoms with van der Waals surface area (Å²) in [6, 6.07) is 8.31. The predicted octanol–water partition coefficient (Wildman–Crippen LogP) is 2.57. The van der Waals surface area contributed by atoms with E-state index in [1.807, 2.05) is 0 Å². The largest absolute Gasteiger partial charge is 0.399 e. The Bertz CT molecular complexity index is 571. The molecule has 0 radical (unpaired) electrons. The van der Waals surface area contributed by atoms with Crippen molar-refractivity contribution in [2.45, 2.75) is 9.79 Å². The van der Waals surface area contributed by atoms with Crippen LogP contribution in [0.5, 0.6) is 0 Å². The van der Waals surface area contributed by atoms with E-state index < -0.39 is 11.1 Å². The molecule has 1 atom stereocenters. The molecule has 4 N–H and O–H groups in total. The van der Waals surface area contributed by atoms with Crippen LogP contribution in [0, 0.1) is 0 Å². The van der Waals surface area contributed by atoms with E-state index in [2.05, 4.69) is 0 Å². The Labute approximate surface area is 99.0 Å². The highest BCUT2D eigenvalue weighted by Crippen LogP contribution is 2.29. The zero-order valence-corrected chi connectivity index (χ0v) is 9.72. The first-order valence-corrected chi connectivity index (χ1v) is 6.25. The molecule has 0 amide bonds. The lowest BCUT2D eigenvalue weighted by atomic mass is 10.1. The molecular formula is C10H9NO3S2. The topological polar surface area (TPSA) is 83.5 Å². The Morgan fingerprint density at radius 1 is 1.25 bits per heavy atom. The van der Waals surface area contributed by atoms with Gasteiger partial charge in [0.25, 0.3) is 0 Å². The summed E-state index contributed by atoms with van der Waals surface area (Å²) < 4.78 is 29.3. The van der Waals surface area contributed by atoms with Crippen LogP contribution in [0.25, 0.3) is 10.8 Å². The van der Waals surface area contributed by atoms with Gasteiger partial charge in [0, 0.05) is 28.0 Å². The summed E-state index contributed by atoms with van der Waals surface area (Å²) in [6.45, 7) is 0. The maximum absolute atomic E-state index is 11.2. The quantitative estimate of drug-likeness (QED) is 0.436. The van der Waals surface area contributed by atoms with Gasteiger partial charge in [-0.1, -0.05) is 6.07 Å². The van der Waals surface area contributed by atoms with Gasteiger partial charge in [-0.25, -0.2) is 4.21 Å². The minimum Gasteiger partial charge on any atom is -0.399 e. The molecule has 0 aliphatic carbocycles. The third kappa shape index (κ3) is 2.05. The first kappa shape index (κ1) is 11.4. The third-order valence-corrected chi connectivity index (χ3v) is 3.37. The number of fused-ring (bicyclic) bond motifs is 1. The van der Waals surface area contributed by atoms with Gasteiger partial charge in [0.2, 0.25) is 0 Å². The first-order valence-electron chi connectivity index (χ1n) is 4.37. The van der Waals surface area contributed by atoms with Gasteiger partial charge >= 0.3 is 0 Å². The van der Waals surface area contributed by atoms with Crippen LogP contribution in [0.15, 0.2) is 40.1 Å². The van der Waals surface area contributed by atoms with E-state index in [9.17, 15) is 8.76 Å². The minimum atomic E-state index is -2.10. The SMILES string of the molecule is Nc1ccc2cc(SO)cc(S(=O)O)c2c1. The summed E-state index contributed by atoms with van der Waals surface area (Å²) in [7, 11) is 0. The maximum atomic E-state index is 11.2. The molecule has 84 valence electrons. The molecule has 2 aromatic carbocycles. The van der Waals surface area contributed by atoms with Gasteiger partial charge in [-0.3, -0.25) is 0 Å². The van der Waals surface area contributed by atoms with Crippen LogP contribution in [0.3, 0.4) is 0 Å². The molecule has 0 aliphatic heterocycles. The molecule has 0 saturated carbocycles. The molecule has 0 heterocycles. The van der Waals surface area contributed by atoms with Crippen molar-refractivity contribution in [3.63, 3.8) is 0 Å². The Morgan fingerprint density at radius 2 is 2.00 bits per heavy atom. The molecule has 4 nitrogen and oxygen atoms in total. The van der Waals surface area contributed by atoms with E-state index in [0.29, 0.717) is 28.0 Å². The summed E-state index contributed by atoms with van der Waals surface area (Å²) in [5.41, 5.74) is 6.16. The van der Waals surface area contributed by atoms with Gasteiger partial charge in [-0.15, -0.1) is 0 Å². The predicted molar refractivity (Wildman–Crippen MR) is 65.9 cm³/mol. The molecule has 0 aliphatic rings. The average molecular weight is 255 g/mol. The zero-order chi connectivity index (χ0) is 11.7. The van der Waals surface area contributed by atoms with Crippen LogP contribution in [-0.4, -0.2) is 13.3 Å². The summed E-state index contributed by atoms with van der Waals surface area (Å²) in [6.07, 6.45) is 0. The van der Waals surface area contributed by atoms with Gasteiger partial charge in [0.05, 0.1) is 4.90 Å². The van der Waals surface area contributed by atoms with E-state index in [1.54, 1.807) is 24.3 Å². The van der Waals surface area contributed by atoms with Gasteiger partial charge in [-0.2, -0.15) is 0 Å². The molecule has 0 saturated heterocycles. The number of anilines is 1. The Hall–Kier alpha value is -1.08. The summed E-state index contributed by atoms with van der Waals surface area (Å²) in [5.74, 6) is 0. The van der Waals surface area contributed by atoms with E-state index in [4.69, 9.17) is 10.3 Å². The second-order valence-electron chi connectivity index (χ2n) is 3.24. The van der Waals surface area contributed by atoms with Crippen molar-refractivity contribution in [2.24, 2.45) is 0 Å². The Balaban J connectivity index is 2.82. The third-order valence-electron chi connectivity index (χ3n) is 2.21. The van der Waals surface area contributed by atoms with Crippen molar-refractivity contribution < 1.29 is 13.3 Å². The maximum Gasteiger partial charge on any atom is 0.187 e. The minimum absolute atomic E-state index is 0.251. The van der Waals surface area contributed by atoms with Crippen molar-refractivity contribution in [3.8, 4) is 0 Å². The lowest BCUT2D eigenvalue weighted by Crippen LogP contribution is -1.93. The second-order valence-corrected chi connectivity index (χ2v) is 4.83. The molecule has 0 fully saturated rings. The monoisotopic (exact) mass is 255 g/mol. The van der Waals surface area contributed by atoms with E-state index >= 15 is 0 Å². The molecule has 2 aromatic rings. The van der Waals surface area contributed by atoms with Crippen LogP contribution in [-0.2, 0) is 11.1 Å². The molecule has 1 unspecified atom stereocenters. The lowest BCUT2D eigenvalue weighted by molar-refractivity contribution is 0.565. The second kappa shape index (κ2) is 4.42. The fourth-order valence-electron chi connectivity index (χ4n) is 1.51. The highest BCUT2D eigenvalue weighted by Gasteiger charge is 2.09. The van der Waals surface area contributed by atoms with Crippen LogP contribution >= 0.6 is 12.0 Å². The van der Waals surface area contributed by atoms with Gasteiger partial charge in [-0.05, 0) is 29.7 Å². The molecular weight excluding hydrogens is 246 g/mol. The van der Waals surface area contributed by atoms with Crippen molar-refractivity contribution in [1.29, 1.82) is 0 Å². The molecule has 6 heteroatoms. The van der Waals surface area contributed by atoms with Crippen LogP contribution in [0.1, 0.15) is 0 Å². The Kier molecular flexibility index (Phi) is 3.15. The van der Waals surface area contributed by atoms with Crippen molar-refractivity contribution in [3.05, 3.63) is 30.3 Å². The highest BCUT2D eigenvalue weighted by atomic mass is 32.2. The average Bonchev–Trinajstić information content (AvgIpc) is 2.27. The van der Waals surface area contributed by atoms with Gasteiger partial charge in [0.15, 0.2) is 11.1 Å². The fourth-order valence-corrected chi connectivity index (χ4v) is 2.53. The number of nitrogen functional groups attached to an aromatic ring is 1. The number of hydrogen-bond donors (Lipinski definition) is 3.